The SMILES string of the molecule is CC1(C)CC(c2ccc(C(N3CCC4(CCOCC4)C3=O)C(F)(F)F)cc2)c2cnc3cc(F)nn3c21.CCO. The number of carbonyl (C=O) groups is 1. The molecule has 3 aromatic rings. The number of halogens is 4. The lowest BCUT2D eigenvalue weighted by Crippen LogP contribution is -2.44. The summed E-state index contributed by atoms with van der Waals surface area (Å²) < 4.78 is 63.9. The normalized spacial score (nSPS) is 22.4. The van der Waals surface area contributed by atoms with E-state index >= 15 is 0 Å². The van der Waals surface area contributed by atoms with Crippen LogP contribution in [0.25, 0.3) is 5.65 Å². The van der Waals surface area contributed by atoms with Crippen molar-refractivity contribution in [2.24, 2.45) is 5.41 Å². The third-order valence-corrected chi connectivity index (χ3v) is 8.48. The quantitative estimate of drug-likeness (QED) is 0.438. The molecule has 1 spiro atoms. The van der Waals surface area contributed by atoms with E-state index in [1.54, 1.807) is 25.3 Å². The summed E-state index contributed by atoms with van der Waals surface area (Å²) in [6.45, 7) is 6.90. The van der Waals surface area contributed by atoms with E-state index in [2.05, 4.69) is 10.1 Å². The second-order valence-electron chi connectivity index (χ2n) is 11.5. The number of alkyl halides is 3. The molecule has 2 aliphatic heterocycles. The van der Waals surface area contributed by atoms with Crippen LogP contribution in [0.15, 0.2) is 36.5 Å². The molecule has 2 saturated heterocycles. The summed E-state index contributed by atoms with van der Waals surface area (Å²) >= 11 is 0. The zero-order valence-corrected chi connectivity index (χ0v) is 22.8. The molecule has 1 aliphatic carbocycles. The number of nitrogens with zero attached hydrogens (tertiary/aromatic N) is 4. The van der Waals surface area contributed by atoms with E-state index in [1.165, 1.54) is 22.7 Å². The van der Waals surface area contributed by atoms with Gasteiger partial charge in [0.25, 0.3) is 0 Å². The number of hydrogen-bond donors (Lipinski definition) is 1. The van der Waals surface area contributed by atoms with Crippen molar-refractivity contribution in [2.45, 2.75) is 70.0 Å². The lowest BCUT2D eigenvalue weighted by atomic mass is 9.79. The van der Waals surface area contributed by atoms with Crippen LogP contribution < -0.4 is 0 Å². The molecule has 0 radical (unpaired) electrons. The van der Waals surface area contributed by atoms with Gasteiger partial charge in [-0.15, -0.1) is 5.10 Å². The van der Waals surface area contributed by atoms with Crippen molar-refractivity contribution in [3.05, 3.63) is 64.9 Å². The molecule has 11 heteroatoms. The fourth-order valence-corrected chi connectivity index (χ4v) is 6.64. The van der Waals surface area contributed by atoms with Gasteiger partial charge < -0.3 is 14.7 Å². The number of carbonyl (C=O) groups excluding carboxylic acids is 1. The van der Waals surface area contributed by atoms with Crippen LogP contribution in [0.2, 0.25) is 0 Å². The summed E-state index contributed by atoms with van der Waals surface area (Å²) in [5.74, 6) is -1.15. The number of hydrogen-bond acceptors (Lipinski definition) is 5. The molecule has 7 nitrogen and oxygen atoms in total. The Morgan fingerprint density at radius 1 is 1.15 bits per heavy atom. The van der Waals surface area contributed by atoms with Crippen LogP contribution in [0.5, 0.6) is 0 Å². The molecular formula is C29H34F4N4O3. The molecule has 0 saturated carbocycles. The second kappa shape index (κ2) is 10.4. The van der Waals surface area contributed by atoms with E-state index < -0.39 is 29.5 Å². The highest BCUT2D eigenvalue weighted by Gasteiger charge is 2.55. The van der Waals surface area contributed by atoms with Crippen molar-refractivity contribution in [3.8, 4) is 0 Å². The Balaban J connectivity index is 0.00000103. The third-order valence-electron chi connectivity index (χ3n) is 8.48. The van der Waals surface area contributed by atoms with Crippen molar-refractivity contribution in [3.63, 3.8) is 0 Å². The van der Waals surface area contributed by atoms with Gasteiger partial charge >= 0.3 is 6.18 Å². The van der Waals surface area contributed by atoms with Crippen molar-refractivity contribution < 1.29 is 32.2 Å². The van der Waals surface area contributed by atoms with Gasteiger partial charge in [0.2, 0.25) is 11.9 Å². The Labute approximate surface area is 230 Å². The number of likely N-dealkylation sites (tertiary alicyclic amines) is 1. The fraction of sp³-hybridized carbons (Fsp3) is 0.552. The maximum Gasteiger partial charge on any atom is 0.413 e. The molecule has 6 rings (SSSR count). The molecule has 1 amide bonds. The Morgan fingerprint density at radius 3 is 2.42 bits per heavy atom. The number of fused-ring (bicyclic) bond motifs is 3. The molecule has 3 aliphatic rings. The van der Waals surface area contributed by atoms with Crippen LogP contribution in [0.4, 0.5) is 17.6 Å². The molecule has 1 N–H and O–H groups in total. The smallest absolute Gasteiger partial charge is 0.397 e. The summed E-state index contributed by atoms with van der Waals surface area (Å²) in [5.41, 5.74) is 1.97. The number of rotatable bonds is 3. The molecule has 4 heterocycles. The molecule has 40 heavy (non-hydrogen) atoms. The standard InChI is InChI=1S/C27H28F4N4O2.C2H6O/c1-25(2)14-18(19-15-32-21-13-20(28)33-35(21)23(19)25)16-3-5-17(6-4-16)22(27(29,30)31)34-10-7-26(24(34)36)8-11-37-12-9-26;1-2-3/h3-6,13,15,18,22H,7-12,14H2,1-2H3;3H,2H2,1H3. The molecule has 216 valence electrons. The van der Waals surface area contributed by atoms with Crippen LogP contribution in [-0.2, 0) is 14.9 Å². The van der Waals surface area contributed by atoms with Gasteiger partial charge in [-0.3, -0.25) is 4.79 Å². The van der Waals surface area contributed by atoms with Gasteiger partial charge in [0.05, 0.1) is 11.1 Å². The van der Waals surface area contributed by atoms with Gasteiger partial charge in [-0.25, -0.2) is 9.50 Å². The van der Waals surface area contributed by atoms with Crippen LogP contribution in [0.3, 0.4) is 0 Å². The van der Waals surface area contributed by atoms with Gasteiger partial charge in [0.1, 0.15) is 0 Å². The highest BCUT2D eigenvalue weighted by molar-refractivity contribution is 5.85. The molecule has 2 unspecified atom stereocenters. The molecule has 1 aromatic carbocycles. The summed E-state index contributed by atoms with van der Waals surface area (Å²) in [5, 5.41) is 11.5. The van der Waals surface area contributed by atoms with E-state index in [1.807, 2.05) is 13.8 Å². The Kier molecular flexibility index (Phi) is 7.41. The zero-order valence-electron chi connectivity index (χ0n) is 22.8. The maximum absolute atomic E-state index is 14.4. The predicted octanol–water partition coefficient (Wildman–Crippen LogP) is 5.31. The van der Waals surface area contributed by atoms with Crippen LogP contribution in [-0.4, -0.2) is 63.1 Å². The average Bonchev–Trinajstić information content (AvgIpc) is 3.51. The van der Waals surface area contributed by atoms with Gasteiger partial charge in [0.15, 0.2) is 11.7 Å². The number of aliphatic hydroxyl groups excluding tert-OH is 1. The van der Waals surface area contributed by atoms with Crippen LogP contribution in [0, 0.1) is 11.4 Å². The fourth-order valence-electron chi connectivity index (χ4n) is 6.64. The van der Waals surface area contributed by atoms with Crippen molar-refractivity contribution >= 4 is 11.6 Å². The summed E-state index contributed by atoms with van der Waals surface area (Å²) in [4.78, 5) is 18.6. The minimum absolute atomic E-state index is 0.0499. The van der Waals surface area contributed by atoms with E-state index in [9.17, 15) is 22.4 Å². The Hall–Kier alpha value is -3.05. The number of amides is 1. The first-order chi connectivity index (χ1) is 18.9. The number of aliphatic hydroxyl groups is 1. The monoisotopic (exact) mass is 562 g/mol. The molecule has 2 atom stereocenters. The van der Waals surface area contributed by atoms with Crippen molar-refractivity contribution in [2.75, 3.05) is 26.4 Å². The zero-order chi connectivity index (χ0) is 28.9. The average molecular weight is 563 g/mol. The lowest BCUT2D eigenvalue weighted by Gasteiger charge is -2.35. The van der Waals surface area contributed by atoms with Crippen LogP contribution in [0.1, 0.15) is 80.8 Å². The Bertz CT molecular complexity index is 1380. The van der Waals surface area contributed by atoms with Gasteiger partial charge in [-0.2, -0.15) is 17.6 Å². The number of benzene rings is 1. The second-order valence-corrected chi connectivity index (χ2v) is 11.5. The van der Waals surface area contributed by atoms with Crippen LogP contribution >= 0.6 is 0 Å². The van der Waals surface area contributed by atoms with E-state index in [-0.39, 0.29) is 30.0 Å². The van der Waals surface area contributed by atoms with Crippen molar-refractivity contribution in [1.29, 1.82) is 0 Å². The van der Waals surface area contributed by atoms with Gasteiger partial charge in [0, 0.05) is 55.5 Å². The van der Waals surface area contributed by atoms with E-state index in [0.717, 1.165) is 21.7 Å². The summed E-state index contributed by atoms with van der Waals surface area (Å²) in [6, 6.07) is 5.68. The number of ether oxygens (including phenoxy) is 1. The lowest BCUT2D eigenvalue weighted by molar-refractivity contribution is -0.191. The summed E-state index contributed by atoms with van der Waals surface area (Å²) in [7, 11) is 0. The molecule has 2 aromatic heterocycles. The first-order valence-corrected chi connectivity index (χ1v) is 13.6. The van der Waals surface area contributed by atoms with E-state index in [4.69, 9.17) is 9.84 Å². The minimum atomic E-state index is -4.60. The molecular weight excluding hydrogens is 528 g/mol. The highest BCUT2D eigenvalue weighted by Crippen LogP contribution is 2.50. The Morgan fingerprint density at radius 2 is 1.80 bits per heavy atom. The highest BCUT2D eigenvalue weighted by atomic mass is 19.4. The first-order valence-electron chi connectivity index (χ1n) is 13.6. The summed E-state index contributed by atoms with van der Waals surface area (Å²) in [6.07, 6.45) is -0.858. The third kappa shape index (κ3) is 4.87. The van der Waals surface area contributed by atoms with Gasteiger partial charge in [-0.05, 0) is 43.7 Å². The molecule has 0 bridgehead atoms. The predicted molar refractivity (Wildman–Crippen MR) is 139 cm³/mol. The maximum atomic E-state index is 14.4. The van der Waals surface area contributed by atoms with E-state index in [0.29, 0.717) is 44.5 Å². The number of aromatic nitrogens is 3. The topological polar surface area (TPSA) is 80.0 Å². The first kappa shape index (κ1) is 28.5. The molecule has 2 fully saturated rings. The van der Waals surface area contributed by atoms with Gasteiger partial charge in [-0.1, -0.05) is 38.1 Å². The largest absolute Gasteiger partial charge is 0.413 e. The minimum Gasteiger partial charge on any atom is -0.397 e. The van der Waals surface area contributed by atoms with Crippen molar-refractivity contribution in [1.82, 2.24) is 19.5 Å².